The van der Waals surface area contributed by atoms with Crippen LogP contribution in [0.4, 0.5) is 0 Å². The first-order valence-electron chi connectivity index (χ1n) is 16.5. The van der Waals surface area contributed by atoms with Crippen LogP contribution in [0.3, 0.4) is 0 Å². The van der Waals surface area contributed by atoms with E-state index in [1.54, 1.807) is 12.1 Å². The van der Waals surface area contributed by atoms with Crippen LogP contribution in [0.2, 0.25) is 0 Å². The second-order valence-electron chi connectivity index (χ2n) is 12.2. The Hall–Kier alpha value is -4.43. The highest BCUT2D eigenvalue weighted by Gasteiger charge is 2.29. The average Bonchev–Trinajstić information content (AvgIpc) is 3.07. The Kier molecular flexibility index (Phi) is 18.5. The number of primary amides is 1. The van der Waals surface area contributed by atoms with Gasteiger partial charge in [0, 0.05) is 19.3 Å². The minimum absolute atomic E-state index is 0.0222. The molecule has 0 bridgehead atoms. The number of rotatable bonds is 22. The van der Waals surface area contributed by atoms with Crippen molar-refractivity contribution >= 4 is 47.2 Å². The average molecular weight is 698 g/mol. The Labute approximate surface area is 292 Å². The predicted octanol–water partition coefficient (Wildman–Crippen LogP) is 0.551. The van der Waals surface area contributed by atoms with Gasteiger partial charge in [0.05, 0.1) is 6.54 Å². The van der Waals surface area contributed by atoms with Crippen molar-refractivity contribution in [2.45, 2.75) is 76.5 Å². The van der Waals surface area contributed by atoms with Crippen LogP contribution < -0.4 is 38.1 Å². The first-order valence-corrected chi connectivity index (χ1v) is 17.9. The monoisotopic (exact) mass is 697 g/mol. The second-order valence-corrected chi connectivity index (χ2v) is 13.2. The first-order chi connectivity index (χ1) is 23.4. The summed E-state index contributed by atoms with van der Waals surface area (Å²) in [6.07, 6.45) is 3.41. The number of nitrogens with two attached hydrogens (primary N) is 2. The topological polar surface area (TPSA) is 215 Å². The maximum absolute atomic E-state index is 13.6. The smallest absolute Gasteiger partial charge is 0.243 e. The van der Waals surface area contributed by atoms with Crippen LogP contribution in [-0.2, 0) is 41.6 Å². The van der Waals surface area contributed by atoms with Crippen LogP contribution in [0.1, 0.15) is 50.7 Å². The highest BCUT2D eigenvalue weighted by Crippen LogP contribution is 2.09. The van der Waals surface area contributed by atoms with E-state index in [1.165, 1.54) is 11.8 Å². The molecular formula is C35H51N7O6S. The van der Waals surface area contributed by atoms with E-state index in [1.807, 2.05) is 68.6 Å². The molecule has 0 aromatic heterocycles. The lowest BCUT2D eigenvalue weighted by Gasteiger charge is -2.24. The van der Waals surface area contributed by atoms with Gasteiger partial charge in [-0.3, -0.25) is 28.8 Å². The Bertz CT molecular complexity index is 1360. The summed E-state index contributed by atoms with van der Waals surface area (Å²) in [4.78, 5) is 77.7. The molecule has 0 spiro atoms. The van der Waals surface area contributed by atoms with Gasteiger partial charge in [-0.05, 0) is 54.9 Å². The molecule has 268 valence electrons. The molecule has 4 atom stereocenters. The van der Waals surface area contributed by atoms with Gasteiger partial charge in [-0.2, -0.15) is 11.8 Å². The first kappa shape index (κ1) is 40.7. The molecule has 49 heavy (non-hydrogen) atoms. The molecule has 0 fully saturated rings. The zero-order chi connectivity index (χ0) is 36.2. The van der Waals surface area contributed by atoms with Crippen LogP contribution in [0.15, 0.2) is 60.7 Å². The van der Waals surface area contributed by atoms with Crippen molar-refractivity contribution in [2.24, 2.45) is 17.4 Å². The van der Waals surface area contributed by atoms with E-state index in [4.69, 9.17) is 11.5 Å². The van der Waals surface area contributed by atoms with Crippen molar-refractivity contribution in [3.05, 3.63) is 71.8 Å². The molecule has 0 aliphatic rings. The zero-order valence-electron chi connectivity index (χ0n) is 28.5. The van der Waals surface area contributed by atoms with Gasteiger partial charge >= 0.3 is 0 Å². The van der Waals surface area contributed by atoms with Gasteiger partial charge in [0.15, 0.2) is 0 Å². The Balaban J connectivity index is 2.17. The Morgan fingerprint density at radius 2 is 1.20 bits per heavy atom. The molecule has 0 aliphatic carbocycles. The summed E-state index contributed by atoms with van der Waals surface area (Å²) in [5, 5.41) is 13.4. The van der Waals surface area contributed by atoms with E-state index in [-0.39, 0.29) is 37.5 Å². The van der Waals surface area contributed by atoms with Crippen LogP contribution in [0, 0.1) is 5.92 Å². The third kappa shape index (κ3) is 16.0. The molecule has 0 radical (unpaired) electrons. The lowest BCUT2D eigenvalue weighted by atomic mass is 10.0. The number of carbonyl (C=O) groups is 6. The molecule has 0 heterocycles. The number of amides is 6. The quantitative estimate of drug-likeness (QED) is 0.0921. The molecule has 0 saturated heterocycles. The molecule has 2 rings (SSSR count). The van der Waals surface area contributed by atoms with Crippen LogP contribution in [0.5, 0.6) is 0 Å². The number of carbonyl (C=O) groups excluding carboxylic acids is 6. The molecule has 6 amide bonds. The second kappa shape index (κ2) is 22.3. The molecule has 2 aromatic rings. The molecule has 0 unspecified atom stereocenters. The summed E-state index contributed by atoms with van der Waals surface area (Å²) in [7, 11) is 0. The van der Waals surface area contributed by atoms with Gasteiger partial charge in [-0.15, -0.1) is 0 Å². The number of thioether (sulfide) groups is 1. The highest BCUT2D eigenvalue weighted by molar-refractivity contribution is 7.98. The predicted molar refractivity (Wildman–Crippen MR) is 191 cm³/mol. The minimum Gasteiger partial charge on any atom is -0.368 e. The van der Waals surface area contributed by atoms with Crippen LogP contribution in [-0.4, -0.2) is 84.7 Å². The molecule has 2 aromatic carbocycles. The highest BCUT2D eigenvalue weighted by atomic mass is 32.2. The Morgan fingerprint density at radius 1 is 0.694 bits per heavy atom. The number of hydrogen-bond donors (Lipinski definition) is 7. The third-order valence-electron chi connectivity index (χ3n) is 7.51. The van der Waals surface area contributed by atoms with Gasteiger partial charge < -0.3 is 38.1 Å². The van der Waals surface area contributed by atoms with Crippen molar-refractivity contribution in [3.63, 3.8) is 0 Å². The maximum atomic E-state index is 13.6. The van der Waals surface area contributed by atoms with E-state index in [0.29, 0.717) is 25.1 Å². The summed E-state index contributed by atoms with van der Waals surface area (Å²) >= 11 is 1.51. The van der Waals surface area contributed by atoms with Crippen LogP contribution in [0.25, 0.3) is 0 Å². The normalized spacial score (nSPS) is 13.3. The molecule has 0 aliphatic heterocycles. The number of benzene rings is 2. The van der Waals surface area contributed by atoms with Crippen molar-refractivity contribution in [2.75, 3.05) is 25.1 Å². The number of nitrogens with one attached hydrogen (secondary N) is 5. The molecule has 14 heteroatoms. The van der Waals surface area contributed by atoms with E-state index in [0.717, 1.165) is 11.1 Å². The Morgan fingerprint density at radius 3 is 1.71 bits per heavy atom. The minimum atomic E-state index is -1.09. The van der Waals surface area contributed by atoms with E-state index in [2.05, 4.69) is 26.6 Å². The summed E-state index contributed by atoms with van der Waals surface area (Å²) in [6.45, 7) is 3.62. The lowest BCUT2D eigenvalue weighted by molar-refractivity contribution is -0.133. The van der Waals surface area contributed by atoms with Crippen molar-refractivity contribution in [1.29, 1.82) is 0 Å². The number of hydrogen-bond acceptors (Lipinski definition) is 8. The van der Waals surface area contributed by atoms with Crippen molar-refractivity contribution in [3.8, 4) is 0 Å². The van der Waals surface area contributed by atoms with Gasteiger partial charge in [-0.1, -0.05) is 74.5 Å². The largest absolute Gasteiger partial charge is 0.368 e. The maximum Gasteiger partial charge on any atom is 0.243 e. The molecule has 9 N–H and O–H groups in total. The van der Waals surface area contributed by atoms with Gasteiger partial charge in [0.1, 0.15) is 24.2 Å². The van der Waals surface area contributed by atoms with Gasteiger partial charge in [0.25, 0.3) is 0 Å². The summed E-state index contributed by atoms with van der Waals surface area (Å²) < 4.78 is 0. The lowest BCUT2D eigenvalue weighted by Crippen LogP contribution is -2.57. The summed E-state index contributed by atoms with van der Waals surface area (Å²) in [6, 6.07) is 14.3. The van der Waals surface area contributed by atoms with Crippen molar-refractivity contribution < 1.29 is 28.8 Å². The van der Waals surface area contributed by atoms with Gasteiger partial charge in [0.2, 0.25) is 35.4 Å². The van der Waals surface area contributed by atoms with Crippen LogP contribution >= 0.6 is 11.8 Å². The third-order valence-corrected chi connectivity index (χ3v) is 8.15. The fourth-order valence-corrected chi connectivity index (χ4v) is 5.42. The van der Waals surface area contributed by atoms with Crippen molar-refractivity contribution in [1.82, 2.24) is 26.6 Å². The molecule has 13 nitrogen and oxygen atoms in total. The standard InChI is InChI=1S/C35H51N7O6S/c1-23(2)19-27(34(47)41-26(32(37)45)16-18-49-3)40-31(44)22-38-33(46)28(20-24-11-6-4-7-12-24)42-35(48)29(39-30(43)15-10-17-36)21-25-13-8-5-9-14-25/h4-9,11-14,23,26-29H,10,15-22,36H2,1-3H3,(H2,37,45)(H,38,46)(H,39,43)(H,40,44)(H,41,47)(H,42,48)/t26-,27+,28+,29+/m1/s1. The molecule has 0 saturated carbocycles. The summed E-state index contributed by atoms with van der Waals surface area (Å²) in [5.74, 6) is -2.76. The van der Waals surface area contributed by atoms with E-state index >= 15 is 0 Å². The molecular weight excluding hydrogens is 646 g/mol. The van der Waals surface area contributed by atoms with E-state index < -0.39 is 60.2 Å². The fourth-order valence-electron chi connectivity index (χ4n) is 4.95. The summed E-state index contributed by atoms with van der Waals surface area (Å²) in [5.41, 5.74) is 12.6. The van der Waals surface area contributed by atoms with Gasteiger partial charge in [-0.25, -0.2) is 0 Å². The fraction of sp³-hybridized carbons (Fsp3) is 0.486. The van der Waals surface area contributed by atoms with E-state index in [9.17, 15) is 28.8 Å². The SMILES string of the molecule is CSCC[C@@H](NC(=O)[C@H](CC(C)C)NC(=O)CNC(=O)[C@H](Cc1ccccc1)NC(=O)[C@H](Cc1ccccc1)NC(=O)CCCN)C(N)=O. The zero-order valence-corrected chi connectivity index (χ0v) is 29.4.